The number of alkyl halides is 6. The van der Waals surface area contributed by atoms with Gasteiger partial charge in [0.2, 0.25) is 0 Å². The number of benzene rings is 2. The molecule has 2 aromatic rings. The number of carboxylic acid groups (broad SMARTS) is 1. The van der Waals surface area contributed by atoms with E-state index in [1.54, 1.807) is 0 Å². The maximum atomic E-state index is 14.5. The monoisotopic (exact) mass is 566 g/mol. The van der Waals surface area contributed by atoms with Crippen LogP contribution < -0.4 is 0 Å². The number of carboxylic acids is 1. The van der Waals surface area contributed by atoms with Crippen molar-refractivity contribution in [3.63, 3.8) is 0 Å². The molecule has 0 saturated carbocycles. The van der Waals surface area contributed by atoms with Crippen LogP contribution in [0.25, 0.3) is 5.83 Å². The van der Waals surface area contributed by atoms with Gasteiger partial charge in [0.1, 0.15) is 11.7 Å². The van der Waals surface area contributed by atoms with E-state index in [1.807, 2.05) is 0 Å². The quantitative estimate of drug-likeness (QED) is 0.303. The standard InChI is InChI=1S/C18H8Br2F8O2/c19-12-4-8(5-13(20)15(12)22)10(17(23,24)25)6-14(21)7-1-2-9(16(29)30)11(3-7)18(26,27)28/h1-6,10H,(H,29,30)/b14-6-. The second-order valence-corrected chi connectivity index (χ2v) is 7.60. The summed E-state index contributed by atoms with van der Waals surface area (Å²) in [5, 5.41) is 8.84. The van der Waals surface area contributed by atoms with Crippen LogP contribution >= 0.6 is 31.9 Å². The fourth-order valence-corrected chi connectivity index (χ4v) is 3.71. The largest absolute Gasteiger partial charge is 0.478 e. The van der Waals surface area contributed by atoms with Gasteiger partial charge in [-0.1, -0.05) is 6.07 Å². The summed E-state index contributed by atoms with van der Waals surface area (Å²) in [5.41, 5.74) is -4.39. The Morgan fingerprint density at radius 3 is 1.97 bits per heavy atom. The number of halogens is 10. The molecule has 0 amide bonds. The number of hydrogen-bond acceptors (Lipinski definition) is 1. The van der Waals surface area contributed by atoms with Gasteiger partial charge in [-0.25, -0.2) is 13.6 Å². The Balaban J connectivity index is 2.62. The van der Waals surface area contributed by atoms with Crippen molar-refractivity contribution >= 4 is 43.7 Å². The van der Waals surface area contributed by atoms with Crippen LogP contribution in [0.1, 0.15) is 33.0 Å². The van der Waals surface area contributed by atoms with Crippen LogP contribution in [0.2, 0.25) is 0 Å². The van der Waals surface area contributed by atoms with Crippen molar-refractivity contribution in [2.24, 2.45) is 0 Å². The molecule has 0 saturated heterocycles. The third kappa shape index (κ3) is 5.39. The third-order valence-electron chi connectivity index (χ3n) is 3.86. The summed E-state index contributed by atoms with van der Waals surface area (Å²) >= 11 is 5.46. The molecule has 30 heavy (non-hydrogen) atoms. The predicted molar refractivity (Wildman–Crippen MR) is 98.1 cm³/mol. The third-order valence-corrected chi connectivity index (χ3v) is 5.02. The fraction of sp³-hybridized carbons (Fsp3) is 0.167. The molecule has 1 N–H and O–H groups in total. The van der Waals surface area contributed by atoms with E-state index < -0.39 is 58.1 Å². The lowest BCUT2D eigenvalue weighted by atomic mass is 9.95. The summed E-state index contributed by atoms with van der Waals surface area (Å²) in [6.07, 6.45) is -10.2. The van der Waals surface area contributed by atoms with Gasteiger partial charge in [-0.15, -0.1) is 0 Å². The topological polar surface area (TPSA) is 37.3 Å². The molecule has 12 heteroatoms. The molecule has 0 fully saturated rings. The zero-order chi connectivity index (χ0) is 23.0. The summed E-state index contributed by atoms with van der Waals surface area (Å²) in [7, 11) is 0. The van der Waals surface area contributed by atoms with Crippen LogP contribution in [-0.4, -0.2) is 17.3 Å². The van der Waals surface area contributed by atoms with Gasteiger partial charge in [0.25, 0.3) is 0 Å². The molecule has 2 rings (SSSR count). The minimum atomic E-state index is -5.18. The summed E-state index contributed by atoms with van der Waals surface area (Å²) in [6, 6.07) is 2.70. The molecule has 1 unspecified atom stereocenters. The Hall–Kier alpha value is -1.95. The molecule has 0 aliphatic carbocycles. The highest BCUT2D eigenvalue weighted by Gasteiger charge is 2.41. The molecule has 0 aliphatic rings. The lowest BCUT2D eigenvalue weighted by Crippen LogP contribution is -2.19. The summed E-state index contributed by atoms with van der Waals surface area (Å²) in [6.45, 7) is 0. The minimum Gasteiger partial charge on any atom is -0.478 e. The van der Waals surface area contributed by atoms with Gasteiger partial charge in [0.15, 0.2) is 5.82 Å². The fourth-order valence-electron chi connectivity index (χ4n) is 2.49. The zero-order valence-electron chi connectivity index (χ0n) is 14.2. The van der Waals surface area contributed by atoms with Crippen LogP contribution in [0.15, 0.2) is 45.4 Å². The smallest absolute Gasteiger partial charge is 0.417 e. The Morgan fingerprint density at radius 1 is 1.00 bits per heavy atom. The molecule has 0 bridgehead atoms. The van der Waals surface area contributed by atoms with Gasteiger partial charge < -0.3 is 5.11 Å². The number of hydrogen-bond donors (Lipinski definition) is 1. The maximum Gasteiger partial charge on any atom is 0.417 e. The Bertz CT molecular complexity index is 989. The summed E-state index contributed by atoms with van der Waals surface area (Å²) < 4.78 is 107. The minimum absolute atomic E-state index is 0.0298. The predicted octanol–water partition coefficient (Wildman–Crippen LogP) is 7.72. The van der Waals surface area contributed by atoms with Gasteiger partial charge in [0, 0.05) is 5.56 Å². The average molecular weight is 568 g/mol. The molecule has 2 nitrogen and oxygen atoms in total. The van der Waals surface area contributed by atoms with Crippen molar-refractivity contribution in [2.45, 2.75) is 18.3 Å². The molecular formula is C18H8Br2F8O2. The second-order valence-electron chi connectivity index (χ2n) is 5.90. The van der Waals surface area contributed by atoms with Crippen molar-refractivity contribution < 1.29 is 45.0 Å². The van der Waals surface area contributed by atoms with Crippen molar-refractivity contribution in [3.8, 4) is 0 Å². The molecule has 1 atom stereocenters. The van der Waals surface area contributed by atoms with E-state index in [-0.39, 0.29) is 21.1 Å². The molecule has 162 valence electrons. The van der Waals surface area contributed by atoms with E-state index in [0.29, 0.717) is 12.1 Å². The highest BCUT2D eigenvalue weighted by Crippen LogP contribution is 2.41. The van der Waals surface area contributed by atoms with E-state index in [9.17, 15) is 39.9 Å². The Morgan fingerprint density at radius 2 is 1.53 bits per heavy atom. The highest BCUT2D eigenvalue weighted by atomic mass is 79.9. The van der Waals surface area contributed by atoms with E-state index in [0.717, 1.165) is 12.1 Å². The van der Waals surface area contributed by atoms with E-state index in [4.69, 9.17) is 5.11 Å². The molecular weight excluding hydrogens is 560 g/mol. The van der Waals surface area contributed by atoms with Gasteiger partial charge in [-0.05, 0) is 67.8 Å². The molecule has 0 aromatic heterocycles. The molecule has 0 aliphatic heterocycles. The van der Waals surface area contributed by atoms with E-state index >= 15 is 0 Å². The number of aromatic carboxylic acids is 1. The van der Waals surface area contributed by atoms with Gasteiger partial charge >= 0.3 is 18.3 Å². The lowest BCUT2D eigenvalue weighted by molar-refractivity contribution is -0.140. The summed E-state index contributed by atoms with van der Waals surface area (Å²) in [4.78, 5) is 10.9. The second kappa shape index (κ2) is 8.66. The lowest BCUT2D eigenvalue weighted by Gasteiger charge is -2.19. The van der Waals surface area contributed by atoms with Gasteiger partial charge in [0.05, 0.1) is 20.1 Å². The maximum absolute atomic E-state index is 14.5. The first-order valence-corrected chi connectivity index (χ1v) is 9.25. The first-order valence-electron chi connectivity index (χ1n) is 7.66. The van der Waals surface area contributed by atoms with Crippen LogP contribution in [0.4, 0.5) is 35.1 Å². The van der Waals surface area contributed by atoms with Crippen molar-refractivity contribution in [3.05, 3.63) is 73.4 Å². The molecule has 0 radical (unpaired) electrons. The van der Waals surface area contributed by atoms with Gasteiger partial charge in [-0.2, -0.15) is 26.3 Å². The van der Waals surface area contributed by atoms with Crippen molar-refractivity contribution in [1.82, 2.24) is 0 Å². The van der Waals surface area contributed by atoms with Crippen LogP contribution in [0.3, 0.4) is 0 Å². The Labute approximate surface area is 180 Å². The normalized spacial score (nSPS) is 14.0. The first-order chi connectivity index (χ1) is 13.6. The van der Waals surface area contributed by atoms with Crippen LogP contribution in [-0.2, 0) is 6.18 Å². The number of carbonyl (C=O) groups is 1. The molecule has 0 spiro atoms. The van der Waals surface area contributed by atoms with Gasteiger partial charge in [-0.3, -0.25) is 0 Å². The molecule has 2 aromatic carbocycles. The van der Waals surface area contributed by atoms with Crippen LogP contribution in [0.5, 0.6) is 0 Å². The van der Waals surface area contributed by atoms with Crippen molar-refractivity contribution in [2.75, 3.05) is 0 Å². The van der Waals surface area contributed by atoms with Crippen LogP contribution in [0, 0.1) is 5.82 Å². The van der Waals surface area contributed by atoms with E-state index in [2.05, 4.69) is 31.9 Å². The van der Waals surface area contributed by atoms with E-state index in [1.165, 1.54) is 0 Å². The SMILES string of the molecule is O=C(O)c1ccc(/C(F)=C/C(c2cc(Br)c(F)c(Br)c2)C(F)(F)F)cc1C(F)(F)F. The number of allylic oxidation sites excluding steroid dienone is 1. The number of rotatable bonds is 4. The van der Waals surface area contributed by atoms with Crippen molar-refractivity contribution in [1.29, 1.82) is 0 Å². The first kappa shape index (κ1) is 24.3. The molecule has 0 heterocycles. The summed E-state index contributed by atoms with van der Waals surface area (Å²) in [5.74, 6) is -7.13. The zero-order valence-corrected chi connectivity index (χ0v) is 17.3. The Kier molecular flexibility index (Phi) is 7.02. The highest BCUT2D eigenvalue weighted by molar-refractivity contribution is 9.11. The average Bonchev–Trinajstić information content (AvgIpc) is 2.61.